The SMILES string of the molecule is COc1cccc(CN(CC(C)C)C(=O)c2cn(C)c3ccccc3c2=O)c1. The molecule has 146 valence electrons. The fraction of sp³-hybridized carbons (Fsp3) is 0.304. The van der Waals surface area contributed by atoms with E-state index in [0.29, 0.717) is 18.5 Å². The first-order chi connectivity index (χ1) is 13.4. The molecule has 0 saturated heterocycles. The third-order valence-electron chi connectivity index (χ3n) is 4.71. The zero-order valence-corrected chi connectivity index (χ0v) is 16.8. The number of fused-ring (bicyclic) bond motifs is 1. The average molecular weight is 378 g/mol. The van der Waals surface area contributed by atoms with E-state index in [1.807, 2.05) is 54.1 Å². The maximum absolute atomic E-state index is 13.3. The molecule has 0 spiro atoms. The monoisotopic (exact) mass is 378 g/mol. The van der Waals surface area contributed by atoms with Gasteiger partial charge in [0.15, 0.2) is 0 Å². The van der Waals surface area contributed by atoms with Crippen LogP contribution in [0.4, 0.5) is 0 Å². The number of rotatable bonds is 6. The van der Waals surface area contributed by atoms with Crippen molar-refractivity contribution in [1.82, 2.24) is 9.47 Å². The number of pyridine rings is 1. The lowest BCUT2D eigenvalue weighted by molar-refractivity contribution is 0.0720. The van der Waals surface area contributed by atoms with Crippen molar-refractivity contribution in [3.8, 4) is 5.75 Å². The maximum Gasteiger partial charge on any atom is 0.259 e. The third-order valence-corrected chi connectivity index (χ3v) is 4.71. The van der Waals surface area contributed by atoms with Crippen LogP contribution < -0.4 is 10.2 Å². The quantitative estimate of drug-likeness (QED) is 0.655. The summed E-state index contributed by atoms with van der Waals surface area (Å²) in [6.45, 7) is 5.10. The van der Waals surface area contributed by atoms with Crippen LogP contribution in [0, 0.1) is 5.92 Å². The van der Waals surface area contributed by atoms with E-state index in [4.69, 9.17) is 4.74 Å². The number of amides is 1. The second-order valence-corrected chi connectivity index (χ2v) is 7.43. The van der Waals surface area contributed by atoms with Crippen LogP contribution in [-0.2, 0) is 13.6 Å². The van der Waals surface area contributed by atoms with Gasteiger partial charge < -0.3 is 14.2 Å². The van der Waals surface area contributed by atoms with Crippen LogP contribution >= 0.6 is 0 Å². The Hall–Kier alpha value is -3.08. The van der Waals surface area contributed by atoms with Gasteiger partial charge in [-0.05, 0) is 35.7 Å². The van der Waals surface area contributed by atoms with Crippen molar-refractivity contribution >= 4 is 16.8 Å². The zero-order valence-electron chi connectivity index (χ0n) is 16.8. The molecule has 5 nitrogen and oxygen atoms in total. The first-order valence-corrected chi connectivity index (χ1v) is 9.41. The van der Waals surface area contributed by atoms with Crippen molar-refractivity contribution in [1.29, 1.82) is 0 Å². The summed E-state index contributed by atoms with van der Waals surface area (Å²) in [5.41, 5.74) is 1.75. The number of carbonyl (C=O) groups is 1. The number of ether oxygens (including phenoxy) is 1. The molecule has 0 atom stereocenters. The van der Waals surface area contributed by atoms with Crippen LogP contribution in [0.25, 0.3) is 10.9 Å². The first-order valence-electron chi connectivity index (χ1n) is 9.41. The lowest BCUT2D eigenvalue weighted by Crippen LogP contribution is -2.36. The first kappa shape index (κ1) is 19.7. The predicted octanol–water partition coefficient (Wildman–Crippen LogP) is 3.85. The number of aryl methyl sites for hydroxylation is 1. The molecule has 0 N–H and O–H groups in total. The van der Waals surface area contributed by atoms with Crippen LogP contribution in [-0.4, -0.2) is 29.0 Å². The molecule has 0 radical (unpaired) electrons. The summed E-state index contributed by atoms with van der Waals surface area (Å²) in [4.78, 5) is 28.1. The van der Waals surface area contributed by atoms with Gasteiger partial charge in [0.2, 0.25) is 5.43 Å². The summed E-state index contributed by atoms with van der Waals surface area (Å²) in [7, 11) is 3.47. The Labute approximate surface area is 165 Å². The third kappa shape index (κ3) is 4.09. The lowest BCUT2D eigenvalue weighted by Gasteiger charge is -2.25. The van der Waals surface area contributed by atoms with Gasteiger partial charge in [-0.1, -0.05) is 38.1 Å². The van der Waals surface area contributed by atoms with Crippen molar-refractivity contribution in [3.63, 3.8) is 0 Å². The highest BCUT2D eigenvalue weighted by Crippen LogP contribution is 2.17. The minimum Gasteiger partial charge on any atom is -0.497 e. The summed E-state index contributed by atoms with van der Waals surface area (Å²) in [6, 6.07) is 15.0. The predicted molar refractivity (Wildman–Crippen MR) is 112 cm³/mol. The molecule has 3 rings (SSSR count). The van der Waals surface area contributed by atoms with Gasteiger partial charge in [-0.2, -0.15) is 0 Å². The second kappa shape index (κ2) is 8.30. The summed E-state index contributed by atoms with van der Waals surface area (Å²) in [5, 5.41) is 0.557. The van der Waals surface area contributed by atoms with E-state index in [-0.39, 0.29) is 22.8 Å². The Bertz CT molecular complexity index is 1050. The van der Waals surface area contributed by atoms with E-state index in [1.54, 1.807) is 24.3 Å². The number of hydrogen-bond donors (Lipinski definition) is 0. The standard InChI is InChI=1S/C23H26N2O3/c1-16(2)13-25(14-17-8-7-9-18(12-17)28-4)23(27)20-15-24(3)21-11-6-5-10-19(21)22(20)26/h5-12,15-16H,13-14H2,1-4H3. The molecule has 0 aliphatic heterocycles. The summed E-state index contributed by atoms with van der Waals surface area (Å²) in [5.74, 6) is 0.776. The van der Waals surface area contributed by atoms with E-state index in [1.165, 1.54) is 0 Å². The Morgan fingerprint density at radius 3 is 2.61 bits per heavy atom. The highest BCUT2D eigenvalue weighted by molar-refractivity contribution is 5.97. The fourth-order valence-corrected chi connectivity index (χ4v) is 3.41. The van der Waals surface area contributed by atoms with Crippen molar-refractivity contribution in [2.45, 2.75) is 20.4 Å². The van der Waals surface area contributed by atoms with E-state index in [2.05, 4.69) is 13.8 Å². The molecular weight excluding hydrogens is 352 g/mol. The van der Waals surface area contributed by atoms with Gasteiger partial charge in [0.1, 0.15) is 11.3 Å². The molecule has 1 amide bonds. The molecule has 0 bridgehead atoms. The van der Waals surface area contributed by atoms with E-state index in [9.17, 15) is 9.59 Å². The van der Waals surface area contributed by atoms with Crippen LogP contribution in [0.5, 0.6) is 5.75 Å². The zero-order chi connectivity index (χ0) is 20.3. The van der Waals surface area contributed by atoms with Gasteiger partial charge in [-0.3, -0.25) is 9.59 Å². The summed E-state index contributed by atoms with van der Waals surface area (Å²) in [6.07, 6.45) is 1.64. The molecule has 3 aromatic rings. The molecule has 0 unspecified atom stereocenters. The van der Waals surface area contributed by atoms with Gasteiger partial charge in [0, 0.05) is 31.7 Å². The molecule has 5 heteroatoms. The molecule has 0 aliphatic rings. The number of carbonyl (C=O) groups excluding carboxylic acids is 1. The average Bonchev–Trinajstić information content (AvgIpc) is 2.69. The number of benzene rings is 2. The molecule has 2 aromatic carbocycles. The molecule has 1 heterocycles. The van der Waals surface area contributed by atoms with Crippen molar-refractivity contribution in [2.75, 3.05) is 13.7 Å². The largest absolute Gasteiger partial charge is 0.497 e. The Morgan fingerprint density at radius 2 is 1.89 bits per heavy atom. The van der Waals surface area contributed by atoms with Crippen molar-refractivity contribution in [2.24, 2.45) is 13.0 Å². The highest BCUT2D eigenvalue weighted by Gasteiger charge is 2.22. The number of methoxy groups -OCH3 is 1. The van der Waals surface area contributed by atoms with Crippen LogP contribution in [0.15, 0.2) is 59.5 Å². The second-order valence-electron chi connectivity index (χ2n) is 7.43. The van der Waals surface area contributed by atoms with Crippen molar-refractivity contribution < 1.29 is 9.53 Å². The van der Waals surface area contributed by atoms with Gasteiger partial charge in [-0.25, -0.2) is 0 Å². The number of para-hydroxylation sites is 1. The molecule has 0 fully saturated rings. The fourth-order valence-electron chi connectivity index (χ4n) is 3.41. The molecular formula is C23H26N2O3. The number of hydrogen-bond acceptors (Lipinski definition) is 3. The normalized spacial score (nSPS) is 11.0. The minimum atomic E-state index is -0.247. The molecule has 0 aliphatic carbocycles. The topological polar surface area (TPSA) is 51.5 Å². The van der Waals surface area contributed by atoms with E-state index < -0.39 is 0 Å². The van der Waals surface area contributed by atoms with Crippen LogP contribution in [0.2, 0.25) is 0 Å². The van der Waals surface area contributed by atoms with Crippen LogP contribution in [0.3, 0.4) is 0 Å². The lowest BCUT2D eigenvalue weighted by atomic mass is 10.1. The van der Waals surface area contributed by atoms with E-state index >= 15 is 0 Å². The Kier molecular flexibility index (Phi) is 5.83. The minimum absolute atomic E-state index is 0.199. The van der Waals surface area contributed by atoms with Gasteiger partial charge in [0.25, 0.3) is 5.91 Å². The molecule has 1 aromatic heterocycles. The smallest absolute Gasteiger partial charge is 0.259 e. The van der Waals surface area contributed by atoms with Crippen molar-refractivity contribution in [3.05, 3.63) is 76.1 Å². The number of aromatic nitrogens is 1. The molecule has 28 heavy (non-hydrogen) atoms. The Balaban J connectivity index is 2.01. The van der Waals surface area contributed by atoms with Gasteiger partial charge >= 0.3 is 0 Å². The molecule has 0 saturated carbocycles. The highest BCUT2D eigenvalue weighted by atomic mass is 16.5. The van der Waals surface area contributed by atoms with Crippen LogP contribution in [0.1, 0.15) is 29.8 Å². The van der Waals surface area contributed by atoms with E-state index in [0.717, 1.165) is 16.8 Å². The van der Waals surface area contributed by atoms with Gasteiger partial charge in [-0.15, -0.1) is 0 Å². The number of nitrogens with zero attached hydrogens (tertiary/aromatic N) is 2. The van der Waals surface area contributed by atoms with Gasteiger partial charge in [0.05, 0.1) is 12.6 Å². The summed E-state index contributed by atoms with van der Waals surface area (Å²) >= 11 is 0. The Morgan fingerprint density at radius 1 is 1.14 bits per heavy atom. The summed E-state index contributed by atoms with van der Waals surface area (Å²) < 4.78 is 7.13. The maximum atomic E-state index is 13.3.